The van der Waals surface area contributed by atoms with Crippen molar-refractivity contribution < 1.29 is 9.90 Å². The molecule has 0 heterocycles. The van der Waals surface area contributed by atoms with Crippen LogP contribution in [0.5, 0.6) is 0 Å². The number of rotatable bonds is 3. The van der Waals surface area contributed by atoms with Crippen LogP contribution < -0.4 is 0 Å². The lowest BCUT2D eigenvalue weighted by Gasteiger charge is -2.10. The minimum Gasteiger partial charge on any atom is -0.464 e. The minimum absolute atomic E-state index is 0.644. The molecule has 0 aliphatic heterocycles. The van der Waals surface area contributed by atoms with Crippen LogP contribution in [0.15, 0.2) is 29.4 Å². The summed E-state index contributed by atoms with van der Waals surface area (Å²) in [5, 5.41) is 14.3. The first kappa shape index (κ1) is 12.5. The van der Waals surface area contributed by atoms with E-state index in [1.165, 1.54) is 7.05 Å². The third-order valence-corrected chi connectivity index (χ3v) is 2.31. The number of carbonyl (C=O) groups is 1. The summed E-state index contributed by atoms with van der Waals surface area (Å²) in [6, 6.07) is 7.15. The Morgan fingerprint density at radius 3 is 2.44 bits per heavy atom. The van der Waals surface area contributed by atoms with Crippen LogP contribution in [0.1, 0.15) is 18.9 Å². The summed E-state index contributed by atoms with van der Waals surface area (Å²) in [5.74, 6) is 0. The van der Waals surface area contributed by atoms with Gasteiger partial charge in [-0.1, -0.05) is 30.7 Å². The largest absolute Gasteiger partial charge is 0.464 e. The molecule has 1 aromatic carbocycles. The van der Waals surface area contributed by atoms with Crippen LogP contribution in [0.4, 0.5) is 4.79 Å². The Morgan fingerprint density at radius 2 is 2.00 bits per heavy atom. The van der Waals surface area contributed by atoms with E-state index in [1.807, 2.05) is 19.1 Å². The van der Waals surface area contributed by atoms with Crippen molar-refractivity contribution in [3.8, 4) is 0 Å². The molecule has 0 aromatic heterocycles. The number of hydrogen-bond donors (Lipinski definition) is 1. The van der Waals surface area contributed by atoms with Crippen LogP contribution in [0.3, 0.4) is 0 Å². The predicted molar refractivity (Wildman–Crippen MR) is 64.1 cm³/mol. The fraction of sp³-hybridized carbons (Fsp3) is 0.273. The SMILES string of the molecule is CCC(=NN(C)C(=O)O)c1ccc(Cl)cc1. The van der Waals surface area contributed by atoms with Gasteiger partial charge in [0.2, 0.25) is 0 Å². The molecule has 0 unspecified atom stereocenters. The van der Waals surface area contributed by atoms with E-state index in [0.29, 0.717) is 17.2 Å². The van der Waals surface area contributed by atoms with Gasteiger partial charge < -0.3 is 5.11 Å². The fourth-order valence-corrected chi connectivity index (χ4v) is 1.32. The molecular formula is C11H13ClN2O2. The maximum atomic E-state index is 10.6. The van der Waals surface area contributed by atoms with Gasteiger partial charge in [-0.3, -0.25) is 0 Å². The average molecular weight is 241 g/mol. The molecule has 86 valence electrons. The van der Waals surface area contributed by atoms with Crippen molar-refractivity contribution in [2.24, 2.45) is 5.10 Å². The molecular weight excluding hydrogens is 228 g/mol. The Morgan fingerprint density at radius 1 is 1.44 bits per heavy atom. The molecule has 4 nitrogen and oxygen atoms in total. The Labute approximate surface area is 99.1 Å². The maximum Gasteiger partial charge on any atom is 0.427 e. The van der Waals surface area contributed by atoms with Crippen LogP contribution >= 0.6 is 11.6 Å². The molecule has 0 saturated heterocycles. The molecule has 1 rings (SSSR count). The molecule has 1 aromatic rings. The summed E-state index contributed by atoms with van der Waals surface area (Å²) in [5.41, 5.74) is 1.58. The topological polar surface area (TPSA) is 52.9 Å². The van der Waals surface area contributed by atoms with Crippen LogP contribution in [0.25, 0.3) is 0 Å². The normalized spacial score (nSPS) is 11.3. The van der Waals surface area contributed by atoms with Crippen molar-refractivity contribution in [2.75, 3.05) is 7.05 Å². The third-order valence-electron chi connectivity index (χ3n) is 2.06. The van der Waals surface area contributed by atoms with Crippen LogP contribution in [-0.2, 0) is 0 Å². The van der Waals surface area contributed by atoms with Crippen LogP contribution in [0.2, 0.25) is 5.02 Å². The molecule has 16 heavy (non-hydrogen) atoms. The maximum absolute atomic E-state index is 10.6. The second-order valence-electron chi connectivity index (χ2n) is 3.21. The van der Waals surface area contributed by atoms with E-state index in [2.05, 4.69) is 5.10 Å². The van der Waals surface area contributed by atoms with Crippen LogP contribution in [-0.4, -0.2) is 29.0 Å². The number of nitrogens with zero attached hydrogens (tertiary/aromatic N) is 2. The van der Waals surface area contributed by atoms with Crippen LogP contribution in [0, 0.1) is 0 Å². The van der Waals surface area contributed by atoms with Crippen molar-refractivity contribution in [2.45, 2.75) is 13.3 Å². The average Bonchev–Trinajstić information content (AvgIpc) is 2.26. The first-order valence-electron chi connectivity index (χ1n) is 4.84. The molecule has 5 heteroatoms. The van der Waals surface area contributed by atoms with Crippen molar-refractivity contribution >= 4 is 23.4 Å². The first-order valence-corrected chi connectivity index (χ1v) is 5.22. The summed E-state index contributed by atoms with van der Waals surface area (Å²) < 4.78 is 0. The molecule has 0 atom stereocenters. The molecule has 1 N–H and O–H groups in total. The van der Waals surface area contributed by atoms with Crippen molar-refractivity contribution in [1.82, 2.24) is 5.01 Å². The summed E-state index contributed by atoms with van der Waals surface area (Å²) in [4.78, 5) is 10.6. The summed E-state index contributed by atoms with van der Waals surface area (Å²) in [6.45, 7) is 1.92. The highest BCUT2D eigenvalue weighted by atomic mass is 35.5. The lowest BCUT2D eigenvalue weighted by Crippen LogP contribution is -2.20. The zero-order valence-electron chi connectivity index (χ0n) is 9.14. The summed E-state index contributed by atoms with van der Waals surface area (Å²) in [6.07, 6.45) is -0.431. The first-order chi connectivity index (χ1) is 7.54. The van der Waals surface area contributed by atoms with E-state index in [1.54, 1.807) is 12.1 Å². The number of halogens is 1. The molecule has 0 bridgehead atoms. The number of hydrazone groups is 1. The Kier molecular flexibility index (Phi) is 4.31. The standard InChI is InChI=1S/C11H13ClN2O2/c1-3-10(13-14(2)11(15)16)8-4-6-9(12)7-5-8/h4-7H,3H2,1-2H3,(H,15,16). The summed E-state index contributed by atoms with van der Waals surface area (Å²) >= 11 is 5.77. The lowest BCUT2D eigenvalue weighted by molar-refractivity contribution is 0.157. The quantitative estimate of drug-likeness (QED) is 0.652. The second-order valence-corrected chi connectivity index (χ2v) is 3.65. The summed E-state index contributed by atoms with van der Waals surface area (Å²) in [7, 11) is 1.40. The molecule has 0 spiro atoms. The zero-order valence-corrected chi connectivity index (χ0v) is 9.90. The Balaban J connectivity index is 2.98. The van der Waals surface area contributed by atoms with E-state index < -0.39 is 6.09 Å². The van der Waals surface area contributed by atoms with Gasteiger partial charge in [0.1, 0.15) is 0 Å². The molecule has 0 radical (unpaired) electrons. The van der Waals surface area contributed by atoms with Gasteiger partial charge in [-0.05, 0) is 24.1 Å². The van der Waals surface area contributed by atoms with Gasteiger partial charge in [-0.15, -0.1) is 0 Å². The molecule has 0 saturated carbocycles. The molecule has 1 amide bonds. The molecule has 0 fully saturated rings. The monoisotopic (exact) mass is 240 g/mol. The molecule has 0 aliphatic rings. The Hall–Kier alpha value is -1.55. The van der Waals surface area contributed by atoms with Crippen molar-refractivity contribution in [3.63, 3.8) is 0 Å². The van der Waals surface area contributed by atoms with Gasteiger partial charge in [-0.2, -0.15) is 5.10 Å². The smallest absolute Gasteiger partial charge is 0.427 e. The fourth-order valence-electron chi connectivity index (χ4n) is 1.20. The van der Waals surface area contributed by atoms with E-state index >= 15 is 0 Å². The van der Waals surface area contributed by atoms with E-state index in [-0.39, 0.29) is 0 Å². The van der Waals surface area contributed by atoms with Crippen molar-refractivity contribution in [3.05, 3.63) is 34.9 Å². The van der Waals surface area contributed by atoms with E-state index in [0.717, 1.165) is 10.6 Å². The number of carboxylic acid groups (broad SMARTS) is 1. The van der Waals surface area contributed by atoms with Crippen molar-refractivity contribution in [1.29, 1.82) is 0 Å². The number of benzene rings is 1. The third kappa shape index (κ3) is 3.24. The second kappa shape index (κ2) is 5.51. The van der Waals surface area contributed by atoms with Gasteiger partial charge in [-0.25, -0.2) is 9.80 Å². The Bertz CT molecular complexity index is 401. The van der Waals surface area contributed by atoms with Gasteiger partial charge in [0.15, 0.2) is 0 Å². The van der Waals surface area contributed by atoms with E-state index in [4.69, 9.17) is 16.7 Å². The highest BCUT2D eigenvalue weighted by Gasteiger charge is 2.07. The van der Waals surface area contributed by atoms with Gasteiger partial charge in [0.25, 0.3) is 0 Å². The number of hydrogen-bond acceptors (Lipinski definition) is 2. The zero-order chi connectivity index (χ0) is 12.1. The van der Waals surface area contributed by atoms with Gasteiger partial charge in [0, 0.05) is 12.1 Å². The minimum atomic E-state index is -1.08. The lowest BCUT2D eigenvalue weighted by atomic mass is 10.1. The van der Waals surface area contributed by atoms with Gasteiger partial charge in [0.05, 0.1) is 5.71 Å². The highest BCUT2D eigenvalue weighted by Crippen LogP contribution is 2.12. The molecule has 0 aliphatic carbocycles. The number of amides is 1. The predicted octanol–water partition coefficient (Wildman–Crippen LogP) is 3.06. The van der Waals surface area contributed by atoms with E-state index in [9.17, 15) is 4.79 Å². The van der Waals surface area contributed by atoms with Gasteiger partial charge >= 0.3 is 6.09 Å². The highest BCUT2D eigenvalue weighted by molar-refractivity contribution is 6.30.